The van der Waals surface area contributed by atoms with Gasteiger partial charge in [0.2, 0.25) is 0 Å². The maximum atomic E-state index is 13.3. The van der Waals surface area contributed by atoms with E-state index in [-0.39, 0.29) is 5.91 Å². The number of likely N-dealkylation sites (tertiary alicyclic amines) is 1. The molecule has 3 heterocycles. The topological polar surface area (TPSA) is 40.9 Å². The Balaban J connectivity index is 1.67. The molecule has 1 aliphatic heterocycles. The molecule has 1 fully saturated rings. The van der Waals surface area contributed by atoms with Crippen LogP contribution >= 0.6 is 0 Å². The summed E-state index contributed by atoms with van der Waals surface area (Å²) in [7, 11) is 1.85. The number of rotatable bonds is 5. The largest absolute Gasteiger partial charge is 0.336 e. The molecular weight excluding hydrogens is 348 g/mol. The molecule has 1 saturated heterocycles. The zero-order chi connectivity index (χ0) is 19.7. The van der Waals surface area contributed by atoms with Crippen molar-refractivity contribution >= 4 is 11.6 Å². The minimum Gasteiger partial charge on any atom is -0.336 e. The summed E-state index contributed by atoms with van der Waals surface area (Å²) in [5.41, 5.74) is 3.50. The van der Waals surface area contributed by atoms with E-state index in [1.807, 2.05) is 61.8 Å². The van der Waals surface area contributed by atoms with Gasteiger partial charge in [-0.1, -0.05) is 36.4 Å². The second kappa shape index (κ2) is 7.76. The highest BCUT2D eigenvalue weighted by Crippen LogP contribution is 2.27. The number of carbonyl (C=O) groups is 1. The van der Waals surface area contributed by atoms with Crippen LogP contribution in [0.15, 0.2) is 54.7 Å². The van der Waals surface area contributed by atoms with Crippen LogP contribution in [-0.4, -0.2) is 44.2 Å². The molecule has 0 unspecified atom stereocenters. The molecule has 5 nitrogen and oxygen atoms in total. The van der Waals surface area contributed by atoms with Crippen LogP contribution in [0, 0.1) is 0 Å². The van der Waals surface area contributed by atoms with E-state index in [4.69, 9.17) is 4.98 Å². The van der Waals surface area contributed by atoms with Crippen molar-refractivity contribution in [2.75, 3.05) is 7.05 Å². The normalized spacial score (nSPS) is 20.0. The van der Waals surface area contributed by atoms with Crippen molar-refractivity contribution in [3.63, 3.8) is 0 Å². The molecule has 0 spiro atoms. The van der Waals surface area contributed by atoms with Gasteiger partial charge in [-0.2, -0.15) is 0 Å². The zero-order valence-corrected chi connectivity index (χ0v) is 16.9. The monoisotopic (exact) mass is 376 g/mol. The van der Waals surface area contributed by atoms with E-state index in [9.17, 15) is 4.79 Å². The third-order valence-corrected chi connectivity index (χ3v) is 5.91. The highest BCUT2D eigenvalue weighted by molar-refractivity contribution is 5.94. The van der Waals surface area contributed by atoms with Gasteiger partial charge in [-0.05, 0) is 44.4 Å². The predicted molar refractivity (Wildman–Crippen MR) is 111 cm³/mol. The summed E-state index contributed by atoms with van der Waals surface area (Å²) in [5, 5.41) is 0. The minimum absolute atomic E-state index is 0.0259. The molecular formula is C23H28N4O. The first kappa shape index (κ1) is 18.7. The molecule has 1 amide bonds. The number of carbonyl (C=O) groups excluding carboxylic acids is 1. The van der Waals surface area contributed by atoms with Gasteiger partial charge in [0.25, 0.3) is 5.91 Å². The Morgan fingerprint density at radius 3 is 2.46 bits per heavy atom. The summed E-state index contributed by atoms with van der Waals surface area (Å²) in [4.78, 5) is 22.3. The van der Waals surface area contributed by atoms with E-state index in [0.29, 0.717) is 24.3 Å². The SMILES string of the molecule is C[C@@H]1CC[C@H](C)N1Cc1c(C(=O)N(C)Cc2ccccc2)nc2ccccn12. The first-order chi connectivity index (χ1) is 13.5. The molecule has 1 aromatic carbocycles. The summed E-state index contributed by atoms with van der Waals surface area (Å²) >= 11 is 0. The van der Waals surface area contributed by atoms with Crippen molar-refractivity contribution in [1.82, 2.24) is 19.2 Å². The summed E-state index contributed by atoms with van der Waals surface area (Å²) in [5.74, 6) is -0.0259. The standard InChI is InChI=1S/C23H28N4O/c1-17-12-13-18(2)27(17)16-20-22(24-21-11-7-8-14-26(20)21)23(28)25(3)15-19-9-5-4-6-10-19/h4-11,14,17-18H,12-13,15-16H2,1-3H3/t17-,18+. The fourth-order valence-electron chi connectivity index (χ4n) is 4.21. The maximum Gasteiger partial charge on any atom is 0.274 e. The van der Waals surface area contributed by atoms with Crippen LogP contribution in [-0.2, 0) is 13.1 Å². The number of hydrogen-bond donors (Lipinski definition) is 0. The minimum atomic E-state index is -0.0259. The Hall–Kier alpha value is -2.66. The molecule has 3 aromatic rings. The van der Waals surface area contributed by atoms with Crippen molar-refractivity contribution in [3.8, 4) is 0 Å². The molecule has 1 aliphatic rings. The first-order valence-corrected chi connectivity index (χ1v) is 10.1. The summed E-state index contributed by atoms with van der Waals surface area (Å²) in [6, 6.07) is 17.1. The lowest BCUT2D eigenvalue weighted by Gasteiger charge is -2.26. The van der Waals surface area contributed by atoms with Crippen molar-refractivity contribution in [2.45, 2.75) is 51.9 Å². The average Bonchev–Trinajstić information content (AvgIpc) is 3.23. The second-order valence-corrected chi connectivity index (χ2v) is 7.93. The van der Waals surface area contributed by atoms with Gasteiger partial charge in [-0.15, -0.1) is 0 Å². The van der Waals surface area contributed by atoms with E-state index in [1.165, 1.54) is 12.8 Å². The van der Waals surface area contributed by atoms with E-state index in [1.54, 1.807) is 4.90 Å². The van der Waals surface area contributed by atoms with Crippen LogP contribution in [0.2, 0.25) is 0 Å². The quantitative estimate of drug-likeness (QED) is 0.676. The summed E-state index contributed by atoms with van der Waals surface area (Å²) in [6.45, 7) is 5.86. The maximum absolute atomic E-state index is 13.3. The third kappa shape index (κ3) is 3.54. The van der Waals surface area contributed by atoms with Crippen molar-refractivity contribution in [2.24, 2.45) is 0 Å². The van der Waals surface area contributed by atoms with E-state index in [0.717, 1.165) is 23.4 Å². The fourth-order valence-corrected chi connectivity index (χ4v) is 4.21. The van der Waals surface area contributed by atoms with E-state index in [2.05, 4.69) is 23.1 Å². The zero-order valence-electron chi connectivity index (χ0n) is 16.9. The number of hydrogen-bond acceptors (Lipinski definition) is 3. The van der Waals surface area contributed by atoms with Gasteiger partial charge in [-0.3, -0.25) is 9.69 Å². The molecule has 0 radical (unpaired) electrons. The third-order valence-electron chi connectivity index (χ3n) is 5.91. The van der Waals surface area contributed by atoms with Crippen molar-refractivity contribution < 1.29 is 4.79 Å². The van der Waals surface area contributed by atoms with Crippen molar-refractivity contribution in [3.05, 3.63) is 71.7 Å². The van der Waals surface area contributed by atoms with Crippen LogP contribution in [0.25, 0.3) is 5.65 Å². The van der Waals surface area contributed by atoms with Gasteiger partial charge in [-0.25, -0.2) is 4.98 Å². The second-order valence-electron chi connectivity index (χ2n) is 7.93. The lowest BCUT2D eigenvalue weighted by Crippen LogP contribution is -2.34. The number of fused-ring (bicyclic) bond motifs is 1. The van der Waals surface area contributed by atoms with Gasteiger partial charge in [0.15, 0.2) is 5.69 Å². The molecule has 4 rings (SSSR count). The van der Waals surface area contributed by atoms with Gasteiger partial charge in [0.1, 0.15) is 5.65 Å². The number of amides is 1. The Morgan fingerprint density at radius 1 is 1.07 bits per heavy atom. The number of aromatic nitrogens is 2. The van der Waals surface area contributed by atoms with Crippen molar-refractivity contribution in [1.29, 1.82) is 0 Å². The molecule has 2 aromatic heterocycles. The van der Waals surface area contributed by atoms with Gasteiger partial charge in [0.05, 0.1) is 5.69 Å². The lowest BCUT2D eigenvalue weighted by molar-refractivity contribution is 0.0776. The Kier molecular flexibility index (Phi) is 5.18. The fraction of sp³-hybridized carbons (Fsp3) is 0.391. The van der Waals surface area contributed by atoms with Gasteiger partial charge < -0.3 is 9.30 Å². The predicted octanol–water partition coefficient (Wildman–Crippen LogP) is 3.98. The molecule has 146 valence electrons. The van der Waals surface area contributed by atoms with Crippen LogP contribution < -0.4 is 0 Å². The number of pyridine rings is 1. The lowest BCUT2D eigenvalue weighted by atomic mass is 10.2. The Bertz CT molecular complexity index is 955. The first-order valence-electron chi connectivity index (χ1n) is 10.1. The van der Waals surface area contributed by atoms with Crippen LogP contribution in [0.5, 0.6) is 0 Å². The van der Waals surface area contributed by atoms with E-state index >= 15 is 0 Å². The van der Waals surface area contributed by atoms with Crippen LogP contribution in [0.1, 0.15) is 48.4 Å². The van der Waals surface area contributed by atoms with E-state index < -0.39 is 0 Å². The molecule has 0 N–H and O–H groups in total. The Labute approximate surface area is 166 Å². The molecule has 2 atom stereocenters. The van der Waals surface area contributed by atoms with Gasteiger partial charge >= 0.3 is 0 Å². The number of nitrogens with zero attached hydrogens (tertiary/aromatic N) is 4. The average molecular weight is 377 g/mol. The number of benzene rings is 1. The highest BCUT2D eigenvalue weighted by Gasteiger charge is 2.30. The summed E-state index contributed by atoms with van der Waals surface area (Å²) in [6.07, 6.45) is 4.42. The van der Waals surface area contributed by atoms with Crippen LogP contribution in [0.4, 0.5) is 0 Å². The molecule has 28 heavy (non-hydrogen) atoms. The molecule has 0 aliphatic carbocycles. The molecule has 0 bridgehead atoms. The molecule has 0 saturated carbocycles. The highest BCUT2D eigenvalue weighted by atomic mass is 16.2. The molecule has 5 heteroatoms. The Morgan fingerprint density at radius 2 is 1.75 bits per heavy atom. The smallest absolute Gasteiger partial charge is 0.274 e. The van der Waals surface area contributed by atoms with Crippen LogP contribution in [0.3, 0.4) is 0 Å². The van der Waals surface area contributed by atoms with Gasteiger partial charge in [0, 0.05) is 38.4 Å². The summed E-state index contributed by atoms with van der Waals surface area (Å²) < 4.78 is 2.07. The number of imidazole rings is 1.